The van der Waals surface area contributed by atoms with Gasteiger partial charge < -0.3 is 10.6 Å². The van der Waals surface area contributed by atoms with E-state index in [1.165, 1.54) is 0 Å². The summed E-state index contributed by atoms with van der Waals surface area (Å²) in [5.74, 6) is 0.714. The predicted molar refractivity (Wildman–Crippen MR) is 107 cm³/mol. The predicted octanol–water partition coefficient (Wildman–Crippen LogP) is 3.73. The Balaban J connectivity index is 0.00000264. The van der Waals surface area contributed by atoms with E-state index in [2.05, 4.69) is 20.7 Å². The maximum absolute atomic E-state index is 6.23. The Morgan fingerprint density at radius 3 is 2.78 bits per heavy atom. The maximum atomic E-state index is 6.23. The van der Waals surface area contributed by atoms with Gasteiger partial charge in [-0.15, -0.1) is 24.0 Å². The van der Waals surface area contributed by atoms with E-state index in [1.54, 1.807) is 19.3 Å². The van der Waals surface area contributed by atoms with Crippen LogP contribution in [0.2, 0.25) is 10.0 Å². The molecule has 0 saturated carbocycles. The molecule has 8 heteroatoms. The Labute approximate surface area is 163 Å². The summed E-state index contributed by atoms with van der Waals surface area (Å²) in [6.45, 7) is 3.52. The van der Waals surface area contributed by atoms with Crippen LogP contribution in [0.1, 0.15) is 18.5 Å². The molecule has 1 heterocycles. The molecular formula is C15H20Cl2IN5. The molecule has 2 rings (SSSR count). The fourth-order valence-electron chi connectivity index (χ4n) is 2.05. The summed E-state index contributed by atoms with van der Waals surface area (Å²) in [7, 11) is 1.74. The zero-order valence-corrected chi connectivity index (χ0v) is 16.8. The standard InChI is InChI=1S/C15H19Cl2N5.HI/c1-11(13-5-4-12(16)10-14(13)17)21-15(18-2)19-7-9-22-8-3-6-20-22;/h3-6,8,10-11H,7,9H2,1-2H3,(H2,18,19,21);1H. The second-order valence-electron chi connectivity index (χ2n) is 4.80. The van der Waals surface area contributed by atoms with E-state index in [9.17, 15) is 0 Å². The number of guanidine groups is 1. The van der Waals surface area contributed by atoms with Gasteiger partial charge >= 0.3 is 0 Å². The van der Waals surface area contributed by atoms with Gasteiger partial charge in [-0.25, -0.2) is 0 Å². The van der Waals surface area contributed by atoms with Gasteiger partial charge in [-0.05, 0) is 30.7 Å². The number of hydrogen-bond acceptors (Lipinski definition) is 2. The molecule has 0 saturated heterocycles. The maximum Gasteiger partial charge on any atom is 0.191 e. The summed E-state index contributed by atoms with van der Waals surface area (Å²) in [6.07, 6.45) is 3.69. The lowest BCUT2D eigenvalue weighted by Crippen LogP contribution is -2.40. The van der Waals surface area contributed by atoms with Crippen molar-refractivity contribution < 1.29 is 0 Å². The van der Waals surface area contributed by atoms with Crippen LogP contribution in [-0.2, 0) is 6.54 Å². The second kappa shape index (κ2) is 10.00. The van der Waals surface area contributed by atoms with Gasteiger partial charge in [0.25, 0.3) is 0 Å². The topological polar surface area (TPSA) is 54.2 Å². The first-order valence-corrected chi connectivity index (χ1v) is 7.75. The Morgan fingerprint density at radius 1 is 1.39 bits per heavy atom. The smallest absolute Gasteiger partial charge is 0.191 e. The molecule has 0 amide bonds. The van der Waals surface area contributed by atoms with Gasteiger partial charge in [0.2, 0.25) is 0 Å². The molecule has 5 nitrogen and oxygen atoms in total. The largest absolute Gasteiger partial charge is 0.355 e. The van der Waals surface area contributed by atoms with Gasteiger partial charge in [0, 0.05) is 36.0 Å². The molecule has 1 unspecified atom stereocenters. The average Bonchev–Trinajstić information content (AvgIpc) is 2.99. The summed E-state index contributed by atoms with van der Waals surface area (Å²) < 4.78 is 1.86. The highest BCUT2D eigenvalue weighted by Crippen LogP contribution is 2.25. The van der Waals surface area contributed by atoms with E-state index in [0.29, 0.717) is 16.0 Å². The number of benzene rings is 1. The third-order valence-corrected chi connectivity index (χ3v) is 3.76. The Bertz CT molecular complexity index is 631. The highest BCUT2D eigenvalue weighted by Gasteiger charge is 2.11. The average molecular weight is 468 g/mol. The van der Waals surface area contributed by atoms with E-state index >= 15 is 0 Å². The lowest BCUT2D eigenvalue weighted by molar-refractivity contribution is 0.591. The molecule has 0 spiro atoms. The molecule has 0 radical (unpaired) electrons. The van der Waals surface area contributed by atoms with Crippen LogP contribution in [0.15, 0.2) is 41.7 Å². The number of nitrogens with zero attached hydrogens (tertiary/aromatic N) is 3. The molecule has 1 atom stereocenters. The first-order chi connectivity index (χ1) is 10.6. The molecular weight excluding hydrogens is 448 g/mol. The minimum absolute atomic E-state index is 0. The fraction of sp³-hybridized carbons (Fsp3) is 0.333. The van der Waals surface area contributed by atoms with Crippen molar-refractivity contribution in [3.63, 3.8) is 0 Å². The van der Waals surface area contributed by atoms with Crippen LogP contribution in [0.4, 0.5) is 0 Å². The van der Waals surface area contributed by atoms with Crippen molar-refractivity contribution in [2.75, 3.05) is 13.6 Å². The molecule has 0 aliphatic heterocycles. The van der Waals surface area contributed by atoms with Gasteiger partial charge in [0.05, 0.1) is 12.6 Å². The first kappa shape index (κ1) is 20.1. The van der Waals surface area contributed by atoms with E-state index in [0.717, 1.165) is 18.7 Å². The van der Waals surface area contributed by atoms with Crippen LogP contribution in [0.5, 0.6) is 0 Å². The zero-order chi connectivity index (χ0) is 15.9. The van der Waals surface area contributed by atoms with Gasteiger partial charge in [-0.3, -0.25) is 9.67 Å². The lowest BCUT2D eigenvalue weighted by atomic mass is 10.1. The lowest BCUT2D eigenvalue weighted by Gasteiger charge is -2.19. The quantitative estimate of drug-likeness (QED) is 0.400. The Morgan fingerprint density at radius 2 is 2.17 bits per heavy atom. The van der Waals surface area contributed by atoms with E-state index in [4.69, 9.17) is 23.2 Å². The second-order valence-corrected chi connectivity index (χ2v) is 5.64. The minimum atomic E-state index is 0. The number of nitrogens with one attached hydrogen (secondary N) is 2. The summed E-state index contributed by atoms with van der Waals surface area (Å²) in [5, 5.41) is 12.0. The minimum Gasteiger partial charge on any atom is -0.355 e. The van der Waals surface area contributed by atoms with E-state index in [-0.39, 0.29) is 30.0 Å². The summed E-state index contributed by atoms with van der Waals surface area (Å²) in [4.78, 5) is 4.22. The van der Waals surface area contributed by atoms with Crippen LogP contribution in [-0.4, -0.2) is 29.3 Å². The summed E-state index contributed by atoms with van der Waals surface area (Å²) >= 11 is 12.1. The molecule has 0 aliphatic rings. The van der Waals surface area contributed by atoms with Gasteiger partial charge in [0.1, 0.15) is 0 Å². The fourth-order valence-corrected chi connectivity index (χ4v) is 2.62. The van der Waals surface area contributed by atoms with Gasteiger partial charge in [0.15, 0.2) is 5.96 Å². The van der Waals surface area contributed by atoms with Crippen molar-refractivity contribution in [3.8, 4) is 0 Å². The highest BCUT2D eigenvalue weighted by atomic mass is 127. The van der Waals surface area contributed by atoms with Crippen LogP contribution >= 0.6 is 47.2 Å². The van der Waals surface area contributed by atoms with Crippen LogP contribution < -0.4 is 10.6 Å². The highest BCUT2D eigenvalue weighted by molar-refractivity contribution is 14.0. The van der Waals surface area contributed by atoms with Crippen molar-refractivity contribution in [2.45, 2.75) is 19.5 Å². The number of aliphatic imine (C=N–C) groups is 1. The first-order valence-electron chi connectivity index (χ1n) is 6.99. The molecule has 1 aromatic heterocycles. The van der Waals surface area contributed by atoms with Crippen molar-refractivity contribution in [1.29, 1.82) is 0 Å². The van der Waals surface area contributed by atoms with Gasteiger partial charge in [-0.1, -0.05) is 29.3 Å². The molecule has 23 heavy (non-hydrogen) atoms. The summed E-state index contributed by atoms with van der Waals surface area (Å²) in [6, 6.07) is 7.40. The van der Waals surface area contributed by atoms with E-state index in [1.807, 2.05) is 36.0 Å². The Hall–Kier alpha value is -0.990. The van der Waals surface area contributed by atoms with Crippen molar-refractivity contribution >= 4 is 53.1 Å². The monoisotopic (exact) mass is 467 g/mol. The molecule has 1 aromatic carbocycles. The molecule has 0 aliphatic carbocycles. The Kier molecular flexibility index (Phi) is 8.72. The number of halogens is 3. The summed E-state index contributed by atoms with van der Waals surface area (Å²) in [5.41, 5.74) is 0.973. The third-order valence-electron chi connectivity index (χ3n) is 3.20. The normalized spacial score (nSPS) is 12.4. The molecule has 0 fully saturated rings. The molecule has 0 bridgehead atoms. The van der Waals surface area contributed by atoms with Crippen molar-refractivity contribution in [2.24, 2.45) is 4.99 Å². The van der Waals surface area contributed by atoms with Crippen LogP contribution in [0.3, 0.4) is 0 Å². The SMILES string of the molecule is CN=C(NCCn1cccn1)NC(C)c1ccc(Cl)cc1Cl.I. The number of aromatic nitrogens is 2. The molecule has 2 aromatic rings. The van der Waals surface area contributed by atoms with Crippen molar-refractivity contribution in [3.05, 3.63) is 52.3 Å². The molecule has 126 valence electrons. The third kappa shape index (κ3) is 6.19. The number of rotatable bonds is 5. The van der Waals surface area contributed by atoms with Crippen LogP contribution in [0.25, 0.3) is 0 Å². The van der Waals surface area contributed by atoms with Gasteiger partial charge in [-0.2, -0.15) is 5.10 Å². The van der Waals surface area contributed by atoms with E-state index < -0.39 is 0 Å². The molecule has 2 N–H and O–H groups in total. The zero-order valence-electron chi connectivity index (χ0n) is 13.0. The number of hydrogen-bond donors (Lipinski definition) is 2. The van der Waals surface area contributed by atoms with Crippen LogP contribution in [0, 0.1) is 0 Å². The van der Waals surface area contributed by atoms with Crippen molar-refractivity contribution in [1.82, 2.24) is 20.4 Å².